The molecule has 2 heterocycles. The molecule has 2 saturated heterocycles. The van der Waals surface area contributed by atoms with Crippen molar-refractivity contribution in [2.45, 2.75) is 45.6 Å². The molecule has 0 N–H and O–H groups in total. The standard InChI is InChI=1S/C14H28N2/c1-12(2)13-6-9-16(10-7-13)11-14-5-4-8-15(14)3/h12-14H,4-11H2,1-3H3/t14-/m0/s1. The SMILES string of the molecule is CC(C)C1CCN(C[C@@H]2CCCN2C)CC1. The Kier molecular flexibility index (Phi) is 4.26. The van der Waals surface area contributed by atoms with E-state index in [4.69, 9.17) is 0 Å². The van der Waals surface area contributed by atoms with Crippen LogP contribution in [0, 0.1) is 11.8 Å². The van der Waals surface area contributed by atoms with Crippen LogP contribution in [0.2, 0.25) is 0 Å². The molecule has 0 aromatic carbocycles. The van der Waals surface area contributed by atoms with Crippen LogP contribution in [0.4, 0.5) is 0 Å². The van der Waals surface area contributed by atoms with Crippen molar-refractivity contribution in [1.29, 1.82) is 0 Å². The lowest BCUT2D eigenvalue weighted by atomic mass is 9.86. The van der Waals surface area contributed by atoms with E-state index in [1.807, 2.05) is 0 Å². The fraction of sp³-hybridized carbons (Fsp3) is 1.00. The normalized spacial score (nSPS) is 30.4. The number of nitrogens with zero attached hydrogens (tertiary/aromatic N) is 2. The van der Waals surface area contributed by atoms with Gasteiger partial charge in [0.05, 0.1) is 0 Å². The average molecular weight is 224 g/mol. The molecule has 0 unspecified atom stereocenters. The molecule has 0 saturated carbocycles. The number of likely N-dealkylation sites (tertiary alicyclic amines) is 2. The Morgan fingerprint density at radius 2 is 1.75 bits per heavy atom. The highest BCUT2D eigenvalue weighted by atomic mass is 15.2. The predicted molar refractivity (Wildman–Crippen MR) is 69.7 cm³/mol. The van der Waals surface area contributed by atoms with Crippen molar-refractivity contribution in [3.63, 3.8) is 0 Å². The molecule has 16 heavy (non-hydrogen) atoms. The molecule has 2 aliphatic heterocycles. The van der Waals surface area contributed by atoms with E-state index in [2.05, 4.69) is 30.7 Å². The second-order valence-corrected chi connectivity index (χ2v) is 6.16. The van der Waals surface area contributed by atoms with Crippen LogP contribution in [0.1, 0.15) is 39.5 Å². The first kappa shape index (κ1) is 12.4. The van der Waals surface area contributed by atoms with Gasteiger partial charge in [-0.3, -0.25) is 0 Å². The van der Waals surface area contributed by atoms with E-state index in [9.17, 15) is 0 Å². The molecule has 2 fully saturated rings. The average Bonchev–Trinajstić information content (AvgIpc) is 2.65. The Morgan fingerprint density at radius 3 is 2.25 bits per heavy atom. The minimum atomic E-state index is 0.843. The molecular formula is C14H28N2. The maximum atomic E-state index is 2.70. The van der Waals surface area contributed by atoms with Crippen molar-refractivity contribution >= 4 is 0 Å². The highest BCUT2D eigenvalue weighted by Crippen LogP contribution is 2.25. The fourth-order valence-corrected chi connectivity index (χ4v) is 3.31. The maximum Gasteiger partial charge on any atom is 0.0220 e. The minimum Gasteiger partial charge on any atom is -0.302 e. The van der Waals surface area contributed by atoms with Crippen LogP contribution in [0.25, 0.3) is 0 Å². The van der Waals surface area contributed by atoms with Gasteiger partial charge in [-0.15, -0.1) is 0 Å². The van der Waals surface area contributed by atoms with Crippen LogP contribution < -0.4 is 0 Å². The number of hydrogen-bond acceptors (Lipinski definition) is 2. The third-order valence-corrected chi connectivity index (χ3v) is 4.72. The lowest BCUT2D eigenvalue weighted by molar-refractivity contribution is 0.127. The first-order valence-electron chi connectivity index (χ1n) is 7.09. The second kappa shape index (κ2) is 5.50. The lowest BCUT2D eigenvalue weighted by Crippen LogP contribution is -2.43. The number of hydrogen-bond donors (Lipinski definition) is 0. The molecule has 2 aliphatic rings. The molecule has 2 heteroatoms. The highest BCUT2D eigenvalue weighted by molar-refractivity contribution is 4.82. The Hall–Kier alpha value is -0.0800. The zero-order valence-electron chi connectivity index (χ0n) is 11.3. The van der Waals surface area contributed by atoms with Gasteiger partial charge in [0.15, 0.2) is 0 Å². The summed E-state index contributed by atoms with van der Waals surface area (Å²) < 4.78 is 0. The second-order valence-electron chi connectivity index (χ2n) is 6.16. The van der Waals surface area contributed by atoms with Crippen molar-refractivity contribution in [2.24, 2.45) is 11.8 Å². The summed E-state index contributed by atoms with van der Waals surface area (Å²) in [4.78, 5) is 5.25. The van der Waals surface area contributed by atoms with E-state index in [1.165, 1.54) is 51.9 Å². The van der Waals surface area contributed by atoms with Crippen molar-refractivity contribution in [1.82, 2.24) is 9.80 Å². The van der Waals surface area contributed by atoms with Crippen LogP contribution in [0.3, 0.4) is 0 Å². The van der Waals surface area contributed by atoms with E-state index in [-0.39, 0.29) is 0 Å². The van der Waals surface area contributed by atoms with Gasteiger partial charge >= 0.3 is 0 Å². The maximum absolute atomic E-state index is 2.70. The number of rotatable bonds is 3. The summed E-state index contributed by atoms with van der Waals surface area (Å²) in [5, 5.41) is 0. The Morgan fingerprint density at radius 1 is 1.06 bits per heavy atom. The smallest absolute Gasteiger partial charge is 0.0220 e. The van der Waals surface area contributed by atoms with Crippen LogP contribution in [-0.2, 0) is 0 Å². The molecular weight excluding hydrogens is 196 g/mol. The third kappa shape index (κ3) is 2.98. The molecule has 2 nitrogen and oxygen atoms in total. The molecule has 0 aliphatic carbocycles. The van der Waals surface area contributed by atoms with Crippen molar-refractivity contribution in [3.8, 4) is 0 Å². The predicted octanol–water partition coefficient (Wildman–Crippen LogP) is 2.45. The third-order valence-electron chi connectivity index (χ3n) is 4.72. The first-order chi connectivity index (χ1) is 7.66. The minimum absolute atomic E-state index is 0.843. The molecule has 1 atom stereocenters. The van der Waals surface area contributed by atoms with E-state index >= 15 is 0 Å². The molecule has 0 aromatic rings. The fourth-order valence-electron chi connectivity index (χ4n) is 3.31. The number of likely N-dealkylation sites (N-methyl/N-ethyl adjacent to an activating group) is 1. The topological polar surface area (TPSA) is 6.48 Å². The summed E-state index contributed by atoms with van der Waals surface area (Å²) >= 11 is 0. The lowest BCUT2D eigenvalue weighted by Gasteiger charge is -2.36. The summed E-state index contributed by atoms with van der Waals surface area (Å²) in [6.07, 6.45) is 5.67. The van der Waals surface area contributed by atoms with Gasteiger partial charge in [0.2, 0.25) is 0 Å². The quantitative estimate of drug-likeness (QED) is 0.726. The van der Waals surface area contributed by atoms with Gasteiger partial charge in [-0.05, 0) is 64.2 Å². The molecule has 0 amide bonds. The van der Waals surface area contributed by atoms with Gasteiger partial charge in [0, 0.05) is 12.6 Å². The summed E-state index contributed by atoms with van der Waals surface area (Å²) in [6.45, 7) is 10.1. The van der Waals surface area contributed by atoms with Gasteiger partial charge in [-0.25, -0.2) is 0 Å². The highest BCUT2D eigenvalue weighted by Gasteiger charge is 2.26. The zero-order valence-corrected chi connectivity index (χ0v) is 11.3. The molecule has 0 aromatic heterocycles. The van der Waals surface area contributed by atoms with E-state index < -0.39 is 0 Å². The van der Waals surface area contributed by atoms with Crippen LogP contribution in [0.15, 0.2) is 0 Å². The molecule has 94 valence electrons. The van der Waals surface area contributed by atoms with Crippen LogP contribution in [-0.4, -0.2) is 49.1 Å². The molecule has 0 bridgehead atoms. The van der Waals surface area contributed by atoms with Gasteiger partial charge < -0.3 is 9.80 Å². The van der Waals surface area contributed by atoms with Crippen LogP contribution >= 0.6 is 0 Å². The zero-order chi connectivity index (χ0) is 11.5. The summed E-state index contributed by atoms with van der Waals surface area (Å²) in [7, 11) is 2.29. The Bertz CT molecular complexity index is 207. The van der Waals surface area contributed by atoms with Crippen molar-refractivity contribution in [3.05, 3.63) is 0 Å². The van der Waals surface area contributed by atoms with E-state index in [0.717, 1.165) is 17.9 Å². The van der Waals surface area contributed by atoms with E-state index in [0.29, 0.717) is 0 Å². The molecule has 2 rings (SSSR count). The van der Waals surface area contributed by atoms with Crippen molar-refractivity contribution < 1.29 is 0 Å². The summed E-state index contributed by atoms with van der Waals surface area (Å²) in [5.41, 5.74) is 0. The monoisotopic (exact) mass is 224 g/mol. The molecule has 0 radical (unpaired) electrons. The Labute approximate surface area is 101 Å². The van der Waals surface area contributed by atoms with Crippen molar-refractivity contribution in [2.75, 3.05) is 33.2 Å². The molecule has 0 spiro atoms. The van der Waals surface area contributed by atoms with Crippen LogP contribution in [0.5, 0.6) is 0 Å². The van der Waals surface area contributed by atoms with Gasteiger partial charge in [-0.1, -0.05) is 13.8 Å². The van der Waals surface area contributed by atoms with E-state index in [1.54, 1.807) is 0 Å². The Balaban J connectivity index is 1.72. The van der Waals surface area contributed by atoms with Gasteiger partial charge in [-0.2, -0.15) is 0 Å². The first-order valence-corrected chi connectivity index (χ1v) is 7.09. The summed E-state index contributed by atoms with van der Waals surface area (Å²) in [5.74, 6) is 1.87. The summed E-state index contributed by atoms with van der Waals surface area (Å²) in [6, 6.07) is 0.843. The largest absolute Gasteiger partial charge is 0.302 e. The van der Waals surface area contributed by atoms with Gasteiger partial charge in [0.25, 0.3) is 0 Å². The number of piperidine rings is 1. The van der Waals surface area contributed by atoms with Gasteiger partial charge in [0.1, 0.15) is 0 Å².